The predicted octanol–water partition coefficient (Wildman–Crippen LogP) is 4.20. The Morgan fingerprint density at radius 3 is 2.35 bits per heavy atom. The first-order chi connectivity index (χ1) is 9.42. The van der Waals surface area contributed by atoms with Crippen LogP contribution in [-0.2, 0) is 0 Å². The number of hydrogen-bond donors (Lipinski definition) is 2. The molecule has 4 nitrogen and oxygen atoms in total. The fourth-order valence-electron chi connectivity index (χ4n) is 1.88. The Hall–Kier alpha value is -1.96. The highest BCUT2D eigenvalue weighted by Gasteiger charge is 2.10. The molecule has 0 fully saturated rings. The van der Waals surface area contributed by atoms with E-state index >= 15 is 0 Å². The highest BCUT2D eigenvalue weighted by atomic mass is 35.5. The maximum absolute atomic E-state index is 9.22. The van der Waals surface area contributed by atoms with Gasteiger partial charge < -0.3 is 11.1 Å². The van der Waals surface area contributed by atoms with Crippen LogP contribution in [0.3, 0.4) is 0 Å². The summed E-state index contributed by atoms with van der Waals surface area (Å²) in [5.41, 5.74) is 9.32. The maximum atomic E-state index is 9.22. The molecule has 0 saturated heterocycles. The van der Waals surface area contributed by atoms with Crippen molar-refractivity contribution < 1.29 is 0 Å². The van der Waals surface area contributed by atoms with E-state index in [-0.39, 0.29) is 0 Å². The quantitative estimate of drug-likeness (QED) is 0.815. The van der Waals surface area contributed by atoms with Gasteiger partial charge in [0.1, 0.15) is 6.07 Å². The number of anilines is 3. The zero-order valence-electron chi connectivity index (χ0n) is 11.0. The number of nitrogens with zero attached hydrogens (tertiary/aromatic N) is 2. The van der Waals surface area contributed by atoms with Crippen molar-refractivity contribution in [1.82, 2.24) is 4.98 Å². The first kappa shape index (κ1) is 14.4. The molecule has 0 aliphatic carbocycles. The van der Waals surface area contributed by atoms with Gasteiger partial charge in [-0.15, -0.1) is 0 Å². The lowest BCUT2D eigenvalue weighted by Crippen LogP contribution is -2.00. The Balaban J connectivity index is 2.48. The second-order valence-electron chi connectivity index (χ2n) is 4.36. The van der Waals surface area contributed by atoms with Gasteiger partial charge in [-0.1, -0.05) is 23.2 Å². The molecule has 1 aromatic heterocycles. The number of rotatable bonds is 2. The van der Waals surface area contributed by atoms with E-state index in [0.717, 1.165) is 5.69 Å². The molecule has 0 aliphatic heterocycles. The van der Waals surface area contributed by atoms with Gasteiger partial charge >= 0.3 is 0 Å². The normalized spacial score (nSPS) is 10.2. The number of nitrogens with one attached hydrogen (secondary N) is 1. The standard InChI is InChI=1S/C14H12Cl2N4/c1-7-3-13(10(6-17)8(2)19-7)20-9-4-11(15)14(18)12(16)5-9/h3-5H,18H2,1-2H3,(H,19,20). The average molecular weight is 307 g/mol. The molecule has 1 aromatic carbocycles. The lowest BCUT2D eigenvalue weighted by molar-refractivity contribution is 1.11. The first-order valence-corrected chi connectivity index (χ1v) is 6.58. The van der Waals surface area contributed by atoms with Gasteiger partial charge in [0.2, 0.25) is 0 Å². The lowest BCUT2D eigenvalue weighted by atomic mass is 10.1. The summed E-state index contributed by atoms with van der Waals surface area (Å²) in [5.74, 6) is 0. The van der Waals surface area contributed by atoms with Crippen molar-refractivity contribution >= 4 is 40.3 Å². The van der Waals surface area contributed by atoms with Crippen LogP contribution in [0.4, 0.5) is 17.1 Å². The number of aromatic nitrogens is 1. The summed E-state index contributed by atoms with van der Waals surface area (Å²) in [4.78, 5) is 4.26. The van der Waals surface area contributed by atoms with Gasteiger partial charge in [0.15, 0.2) is 0 Å². The van der Waals surface area contributed by atoms with Crippen molar-refractivity contribution in [3.63, 3.8) is 0 Å². The van der Waals surface area contributed by atoms with Crippen molar-refractivity contribution in [3.8, 4) is 6.07 Å². The molecule has 0 saturated carbocycles. The molecule has 6 heteroatoms. The minimum absolute atomic E-state index is 0.335. The lowest BCUT2D eigenvalue weighted by Gasteiger charge is -2.12. The smallest absolute Gasteiger partial charge is 0.103 e. The molecule has 1 heterocycles. The molecule has 0 bridgehead atoms. The van der Waals surface area contributed by atoms with Crippen LogP contribution in [0.25, 0.3) is 0 Å². The zero-order chi connectivity index (χ0) is 14.9. The predicted molar refractivity (Wildman–Crippen MR) is 82.6 cm³/mol. The van der Waals surface area contributed by atoms with E-state index < -0.39 is 0 Å². The fraction of sp³-hybridized carbons (Fsp3) is 0.143. The zero-order valence-corrected chi connectivity index (χ0v) is 12.5. The number of hydrogen-bond acceptors (Lipinski definition) is 4. The Morgan fingerprint density at radius 2 is 1.80 bits per heavy atom. The molecule has 0 unspecified atom stereocenters. The number of benzene rings is 1. The SMILES string of the molecule is Cc1cc(Nc2cc(Cl)c(N)c(Cl)c2)c(C#N)c(C)n1. The van der Waals surface area contributed by atoms with Crippen LogP contribution in [0.2, 0.25) is 10.0 Å². The van der Waals surface area contributed by atoms with Gasteiger partial charge in [-0.25, -0.2) is 0 Å². The number of aryl methyl sites for hydroxylation is 2. The number of pyridine rings is 1. The van der Waals surface area contributed by atoms with E-state index in [1.54, 1.807) is 25.1 Å². The van der Waals surface area contributed by atoms with Crippen molar-refractivity contribution in [2.24, 2.45) is 0 Å². The molecule has 3 N–H and O–H groups in total. The van der Waals surface area contributed by atoms with Gasteiger partial charge in [0.25, 0.3) is 0 Å². The van der Waals surface area contributed by atoms with Crippen molar-refractivity contribution in [2.45, 2.75) is 13.8 Å². The van der Waals surface area contributed by atoms with Crippen molar-refractivity contribution in [2.75, 3.05) is 11.1 Å². The highest BCUT2D eigenvalue weighted by Crippen LogP contribution is 2.33. The van der Waals surface area contributed by atoms with Crippen molar-refractivity contribution in [1.29, 1.82) is 5.26 Å². The summed E-state index contributed by atoms with van der Waals surface area (Å²) in [7, 11) is 0. The molecule has 2 aromatic rings. The van der Waals surface area contributed by atoms with Gasteiger partial charge in [-0.05, 0) is 32.0 Å². The highest BCUT2D eigenvalue weighted by molar-refractivity contribution is 6.39. The third-order valence-electron chi connectivity index (χ3n) is 2.80. The Morgan fingerprint density at radius 1 is 1.20 bits per heavy atom. The van der Waals surface area contributed by atoms with E-state index in [2.05, 4.69) is 16.4 Å². The Kier molecular flexibility index (Phi) is 4.03. The van der Waals surface area contributed by atoms with Crippen LogP contribution >= 0.6 is 23.2 Å². The van der Waals surface area contributed by atoms with Crippen LogP contribution in [0.5, 0.6) is 0 Å². The van der Waals surface area contributed by atoms with Crippen LogP contribution in [-0.4, -0.2) is 4.98 Å². The van der Waals surface area contributed by atoms with Crippen LogP contribution < -0.4 is 11.1 Å². The fourth-order valence-corrected chi connectivity index (χ4v) is 2.37. The topological polar surface area (TPSA) is 74.7 Å². The monoisotopic (exact) mass is 306 g/mol. The summed E-state index contributed by atoms with van der Waals surface area (Å²) >= 11 is 12.0. The molecular weight excluding hydrogens is 295 g/mol. The summed E-state index contributed by atoms with van der Waals surface area (Å²) in [6.45, 7) is 3.65. The van der Waals surface area contributed by atoms with E-state index in [4.69, 9.17) is 28.9 Å². The summed E-state index contributed by atoms with van der Waals surface area (Å²) in [6.07, 6.45) is 0. The molecule has 102 valence electrons. The number of nitrogens with two attached hydrogens (primary N) is 1. The molecular formula is C14H12Cl2N4. The summed E-state index contributed by atoms with van der Waals surface area (Å²) < 4.78 is 0. The second kappa shape index (κ2) is 5.58. The average Bonchev–Trinajstić information content (AvgIpc) is 2.35. The Labute approximate surface area is 127 Å². The molecule has 0 radical (unpaired) electrons. The van der Waals surface area contributed by atoms with E-state index in [0.29, 0.717) is 38.4 Å². The second-order valence-corrected chi connectivity index (χ2v) is 5.18. The van der Waals surface area contributed by atoms with Gasteiger partial charge in [0.05, 0.1) is 32.7 Å². The van der Waals surface area contributed by atoms with Gasteiger partial charge in [-0.3, -0.25) is 4.98 Å². The Bertz CT molecular complexity index is 697. The van der Waals surface area contributed by atoms with Gasteiger partial charge in [-0.2, -0.15) is 5.26 Å². The van der Waals surface area contributed by atoms with E-state index in [1.165, 1.54) is 0 Å². The third kappa shape index (κ3) is 2.79. The molecule has 0 aliphatic rings. The maximum Gasteiger partial charge on any atom is 0.103 e. The number of halogens is 2. The number of nitrogen functional groups attached to an aromatic ring is 1. The van der Waals surface area contributed by atoms with Crippen LogP contribution in [0, 0.1) is 25.2 Å². The molecule has 20 heavy (non-hydrogen) atoms. The molecule has 2 rings (SSSR count). The molecule has 0 spiro atoms. The van der Waals surface area contributed by atoms with Crippen LogP contribution in [0.1, 0.15) is 17.0 Å². The summed E-state index contributed by atoms with van der Waals surface area (Å²) in [6, 6.07) is 7.26. The minimum atomic E-state index is 0.335. The largest absolute Gasteiger partial charge is 0.396 e. The molecule has 0 atom stereocenters. The summed E-state index contributed by atoms with van der Waals surface area (Å²) in [5, 5.41) is 13.1. The molecule has 0 amide bonds. The van der Waals surface area contributed by atoms with Gasteiger partial charge in [0, 0.05) is 11.4 Å². The third-order valence-corrected chi connectivity index (χ3v) is 3.42. The van der Waals surface area contributed by atoms with E-state index in [1.807, 2.05) is 6.92 Å². The minimum Gasteiger partial charge on any atom is -0.396 e. The van der Waals surface area contributed by atoms with Crippen molar-refractivity contribution in [3.05, 3.63) is 45.2 Å². The number of nitriles is 1. The van der Waals surface area contributed by atoms with E-state index in [9.17, 15) is 5.26 Å². The first-order valence-electron chi connectivity index (χ1n) is 5.82. The van der Waals surface area contributed by atoms with Crippen LogP contribution in [0.15, 0.2) is 18.2 Å².